The number of aryl methyl sites for hydroxylation is 2. The first-order chi connectivity index (χ1) is 9.99. The van der Waals surface area contributed by atoms with Crippen molar-refractivity contribution in [2.75, 3.05) is 19.6 Å². The van der Waals surface area contributed by atoms with Gasteiger partial charge in [-0.15, -0.1) is 0 Å². The third-order valence-electron chi connectivity index (χ3n) is 4.29. The Morgan fingerprint density at radius 3 is 2.38 bits per heavy atom. The highest BCUT2D eigenvalue weighted by molar-refractivity contribution is 5.76. The average molecular weight is 291 g/mol. The molecule has 0 saturated heterocycles. The van der Waals surface area contributed by atoms with Gasteiger partial charge >= 0.3 is 5.69 Å². The largest absolute Gasteiger partial charge is 0.388 e. The van der Waals surface area contributed by atoms with Gasteiger partial charge in [-0.1, -0.05) is 19.9 Å². The van der Waals surface area contributed by atoms with Gasteiger partial charge in [-0.25, -0.2) is 4.79 Å². The van der Waals surface area contributed by atoms with Crippen molar-refractivity contribution >= 4 is 11.0 Å². The summed E-state index contributed by atoms with van der Waals surface area (Å²) >= 11 is 0. The number of hydrogen-bond acceptors (Lipinski definition) is 3. The Hall–Kier alpha value is -1.59. The van der Waals surface area contributed by atoms with Crippen molar-refractivity contribution in [1.82, 2.24) is 14.0 Å². The molecule has 116 valence electrons. The Morgan fingerprint density at radius 1 is 1.14 bits per heavy atom. The van der Waals surface area contributed by atoms with E-state index in [9.17, 15) is 9.90 Å². The quantitative estimate of drug-likeness (QED) is 0.880. The lowest BCUT2D eigenvalue weighted by atomic mass is 10.1. The monoisotopic (exact) mass is 291 g/mol. The number of aromatic nitrogens is 2. The fraction of sp³-hybridized carbons (Fsp3) is 0.562. The number of hydrogen-bond donors (Lipinski definition) is 1. The van der Waals surface area contributed by atoms with E-state index < -0.39 is 6.10 Å². The van der Waals surface area contributed by atoms with E-state index in [1.807, 2.05) is 18.2 Å². The second kappa shape index (κ2) is 6.45. The van der Waals surface area contributed by atoms with E-state index in [1.54, 1.807) is 23.2 Å². The third-order valence-corrected chi connectivity index (χ3v) is 4.29. The standard InChI is InChI=1S/C16H25N3O2/c1-5-19(6-2)10-9-15(20)12-7-8-13-14(11-12)18(4)16(21)17(13)3/h7-8,11,15,20H,5-6,9-10H2,1-4H3. The number of nitrogens with zero attached hydrogens (tertiary/aromatic N) is 3. The van der Waals surface area contributed by atoms with Gasteiger partial charge in [-0.2, -0.15) is 0 Å². The summed E-state index contributed by atoms with van der Waals surface area (Å²) in [5.74, 6) is 0. The lowest BCUT2D eigenvalue weighted by Gasteiger charge is -2.20. The van der Waals surface area contributed by atoms with Crippen molar-refractivity contribution in [3.8, 4) is 0 Å². The van der Waals surface area contributed by atoms with Crippen LogP contribution in [0.15, 0.2) is 23.0 Å². The summed E-state index contributed by atoms with van der Waals surface area (Å²) in [6.07, 6.45) is 0.207. The molecular formula is C16H25N3O2. The molecule has 5 heteroatoms. The molecule has 2 aromatic rings. The molecule has 0 bridgehead atoms. The summed E-state index contributed by atoms with van der Waals surface area (Å²) in [7, 11) is 3.53. The van der Waals surface area contributed by atoms with Crippen LogP contribution in [0.3, 0.4) is 0 Å². The van der Waals surface area contributed by atoms with Gasteiger partial charge in [0.1, 0.15) is 0 Å². The van der Waals surface area contributed by atoms with Crippen LogP contribution in [-0.4, -0.2) is 38.8 Å². The molecule has 0 fully saturated rings. The van der Waals surface area contributed by atoms with Gasteiger partial charge in [0.05, 0.1) is 17.1 Å². The normalized spacial score (nSPS) is 13.2. The van der Waals surface area contributed by atoms with E-state index in [4.69, 9.17) is 0 Å². The van der Waals surface area contributed by atoms with Crippen molar-refractivity contribution < 1.29 is 5.11 Å². The SMILES string of the molecule is CCN(CC)CCC(O)c1ccc2c(c1)n(C)c(=O)n2C. The Balaban J connectivity index is 2.22. The number of fused-ring (bicyclic) bond motifs is 1. The molecule has 0 radical (unpaired) electrons. The summed E-state index contributed by atoms with van der Waals surface area (Å²) in [6.45, 7) is 7.12. The van der Waals surface area contributed by atoms with E-state index in [0.29, 0.717) is 6.42 Å². The smallest absolute Gasteiger partial charge is 0.328 e. The summed E-state index contributed by atoms with van der Waals surface area (Å²) in [5, 5.41) is 10.4. The van der Waals surface area contributed by atoms with E-state index in [0.717, 1.165) is 36.2 Å². The summed E-state index contributed by atoms with van der Waals surface area (Å²) < 4.78 is 3.25. The van der Waals surface area contributed by atoms with E-state index in [1.165, 1.54) is 0 Å². The van der Waals surface area contributed by atoms with Gasteiger partial charge in [-0.05, 0) is 37.2 Å². The minimum absolute atomic E-state index is 0.0419. The zero-order valence-corrected chi connectivity index (χ0v) is 13.3. The van der Waals surface area contributed by atoms with Gasteiger partial charge in [0.2, 0.25) is 0 Å². The highest BCUT2D eigenvalue weighted by atomic mass is 16.3. The van der Waals surface area contributed by atoms with Crippen LogP contribution in [-0.2, 0) is 14.1 Å². The molecule has 1 aromatic heterocycles. The van der Waals surface area contributed by atoms with Crippen LogP contribution in [0.2, 0.25) is 0 Å². The zero-order chi connectivity index (χ0) is 15.6. The maximum absolute atomic E-state index is 11.9. The van der Waals surface area contributed by atoms with Gasteiger partial charge in [0.25, 0.3) is 0 Å². The van der Waals surface area contributed by atoms with Crippen LogP contribution < -0.4 is 5.69 Å². The lowest BCUT2D eigenvalue weighted by molar-refractivity contribution is 0.145. The molecule has 1 N–H and O–H groups in total. The molecule has 0 amide bonds. The predicted molar refractivity (Wildman–Crippen MR) is 85.5 cm³/mol. The van der Waals surface area contributed by atoms with Crippen LogP contribution >= 0.6 is 0 Å². The zero-order valence-electron chi connectivity index (χ0n) is 13.3. The van der Waals surface area contributed by atoms with Gasteiger partial charge in [-0.3, -0.25) is 9.13 Å². The summed E-state index contributed by atoms with van der Waals surface area (Å²) in [5.41, 5.74) is 2.58. The number of aliphatic hydroxyl groups excluding tert-OH is 1. The molecule has 0 aliphatic heterocycles. The van der Waals surface area contributed by atoms with E-state index >= 15 is 0 Å². The summed E-state index contributed by atoms with van der Waals surface area (Å²) in [6, 6.07) is 5.74. The van der Waals surface area contributed by atoms with Crippen LogP contribution in [0, 0.1) is 0 Å². The minimum atomic E-state index is -0.495. The molecule has 1 heterocycles. The molecule has 1 unspecified atom stereocenters. The Morgan fingerprint density at radius 2 is 1.76 bits per heavy atom. The Bertz CT molecular complexity index is 668. The van der Waals surface area contributed by atoms with Gasteiger partial charge in [0.15, 0.2) is 0 Å². The van der Waals surface area contributed by atoms with Crippen molar-refractivity contribution in [3.05, 3.63) is 34.2 Å². The summed E-state index contributed by atoms with van der Waals surface area (Å²) in [4.78, 5) is 14.2. The first kappa shape index (κ1) is 15.8. The second-order valence-electron chi connectivity index (χ2n) is 5.48. The van der Waals surface area contributed by atoms with Crippen molar-refractivity contribution in [1.29, 1.82) is 0 Å². The van der Waals surface area contributed by atoms with Crippen molar-refractivity contribution in [2.24, 2.45) is 14.1 Å². The van der Waals surface area contributed by atoms with Crippen molar-refractivity contribution in [2.45, 2.75) is 26.4 Å². The van der Waals surface area contributed by atoms with Crippen LogP contribution in [0.25, 0.3) is 11.0 Å². The lowest BCUT2D eigenvalue weighted by Crippen LogP contribution is -2.25. The van der Waals surface area contributed by atoms with Crippen LogP contribution in [0.5, 0.6) is 0 Å². The number of rotatable bonds is 6. The van der Waals surface area contributed by atoms with Gasteiger partial charge < -0.3 is 10.0 Å². The second-order valence-corrected chi connectivity index (χ2v) is 5.48. The molecule has 0 saturated carbocycles. The number of benzene rings is 1. The number of aliphatic hydroxyl groups is 1. The molecular weight excluding hydrogens is 266 g/mol. The maximum Gasteiger partial charge on any atom is 0.328 e. The fourth-order valence-corrected chi connectivity index (χ4v) is 2.74. The molecule has 0 aliphatic carbocycles. The first-order valence-corrected chi connectivity index (χ1v) is 7.55. The number of imidazole rings is 1. The fourth-order valence-electron chi connectivity index (χ4n) is 2.74. The topological polar surface area (TPSA) is 50.4 Å². The highest BCUT2D eigenvalue weighted by Crippen LogP contribution is 2.21. The minimum Gasteiger partial charge on any atom is -0.388 e. The van der Waals surface area contributed by atoms with Crippen molar-refractivity contribution in [3.63, 3.8) is 0 Å². The Labute approximate surface area is 125 Å². The first-order valence-electron chi connectivity index (χ1n) is 7.55. The molecule has 5 nitrogen and oxygen atoms in total. The predicted octanol–water partition coefficient (Wildman–Crippen LogP) is 1.64. The molecule has 1 atom stereocenters. The molecule has 2 rings (SSSR count). The highest BCUT2D eigenvalue weighted by Gasteiger charge is 2.13. The molecule has 1 aromatic carbocycles. The molecule has 0 spiro atoms. The van der Waals surface area contributed by atoms with Crippen LogP contribution in [0.4, 0.5) is 0 Å². The van der Waals surface area contributed by atoms with E-state index in [-0.39, 0.29) is 5.69 Å². The molecule has 21 heavy (non-hydrogen) atoms. The van der Waals surface area contributed by atoms with Crippen LogP contribution in [0.1, 0.15) is 31.9 Å². The third kappa shape index (κ3) is 3.04. The Kier molecular flexibility index (Phi) is 4.85. The molecule has 0 aliphatic rings. The maximum atomic E-state index is 11.9. The van der Waals surface area contributed by atoms with E-state index in [2.05, 4.69) is 18.7 Å². The van der Waals surface area contributed by atoms with Gasteiger partial charge in [0, 0.05) is 20.6 Å². The average Bonchev–Trinajstić information content (AvgIpc) is 2.72.